The molecule has 0 aliphatic rings. The van der Waals surface area contributed by atoms with Gasteiger partial charge in [-0.1, -0.05) is 35.5 Å². The maximum absolute atomic E-state index is 11.9. The Morgan fingerprint density at radius 1 is 1.15 bits per heavy atom. The average Bonchev–Trinajstić information content (AvgIpc) is 2.90. The maximum atomic E-state index is 11.9. The largest absolute Gasteiger partial charge is 0.468 e. The van der Waals surface area contributed by atoms with Gasteiger partial charge in [0, 0.05) is 5.56 Å². The van der Waals surface area contributed by atoms with Gasteiger partial charge < -0.3 is 9.47 Å². The normalized spacial score (nSPS) is 10.1. The number of rotatable bonds is 4. The number of aromatic nitrogens is 3. The molecule has 20 heavy (non-hydrogen) atoms. The molecule has 0 N–H and O–H groups in total. The van der Waals surface area contributed by atoms with Crippen LogP contribution in [0, 0.1) is 0 Å². The van der Waals surface area contributed by atoms with E-state index in [9.17, 15) is 9.59 Å². The van der Waals surface area contributed by atoms with Crippen LogP contribution in [-0.2, 0) is 20.8 Å². The van der Waals surface area contributed by atoms with Gasteiger partial charge in [-0.05, 0) is 0 Å². The predicted octanol–water partition coefficient (Wildman–Crippen LogP) is 0.905. The molecule has 104 valence electrons. The minimum absolute atomic E-state index is 0.115. The summed E-state index contributed by atoms with van der Waals surface area (Å²) in [6, 6.07) is 9.06. The molecule has 1 heterocycles. The van der Waals surface area contributed by atoms with Crippen molar-refractivity contribution < 1.29 is 19.1 Å². The van der Waals surface area contributed by atoms with Gasteiger partial charge in [-0.3, -0.25) is 4.79 Å². The second kappa shape index (κ2) is 5.96. The molecule has 2 rings (SSSR count). The molecule has 0 aliphatic heterocycles. The topological polar surface area (TPSA) is 83.3 Å². The number of hydrogen-bond acceptors (Lipinski definition) is 6. The lowest BCUT2D eigenvalue weighted by molar-refractivity contribution is -0.141. The first-order chi connectivity index (χ1) is 9.67. The van der Waals surface area contributed by atoms with Crippen LogP contribution < -0.4 is 0 Å². The molecule has 7 nitrogen and oxygen atoms in total. The Labute approximate surface area is 115 Å². The number of methoxy groups -OCH3 is 2. The van der Waals surface area contributed by atoms with Crippen LogP contribution in [0.4, 0.5) is 0 Å². The Balaban J connectivity index is 2.48. The number of esters is 2. The lowest BCUT2D eigenvalue weighted by Gasteiger charge is -2.05. The molecule has 0 saturated heterocycles. The van der Waals surface area contributed by atoms with Crippen LogP contribution in [0.15, 0.2) is 30.3 Å². The van der Waals surface area contributed by atoms with Gasteiger partial charge in [0.2, 0.25) is 0 Å². The summed E-state index contributed by atoms with van der Waals surface area (Å²) in [6.45, 7) is -0.208. The molecule has 7 heteroatoms. The van der Waals surface area contributed by atoms with Crippen LogP contribution in [0.3, 0.4) is 0 Å². The van der Waals surface area contributed by atoms with Gasteiger partial charge in [-0.25, -0.2) is 9.48 Å². The van der Waals surface area contributed by atoms with Crippen LogP contribution in [0.1, 0.15) is 10.5 Å². The van der Waals surface area contributed by atoms with Crippen molar-refractivity contribution in [2.45, 2.75) is 6.54 Å². The van der Waals surface area contributed by atoms with Crippen LogP contribution in [0.25, 0.3) is 11.3 Å². The first-order valence-corrected chi connectivity index (χ1v) is 5.81. The molecule has 0 radical (unpaired) electrons. The van der Waals surface area contributed by atoms with Gasteiger partial charge in [-0.2, -0.15) is 0 Å². The van der Waals surface area contributed by atoms with Gasteiger partial charge in [0.1, 0.15) is 12.2 Å². The summed E-state index contributed by atoms with van der Waals surface area (Å²) < 4.78 is 10.4. The van der Waals surface area contributed by atoms with Gasteiger partial charge in [0.25, 0.3) is 0 Å². The van der Waals surface area contributed by atoms with E-state index < -0.39 is 11.9 Å². The fourth-order valence-corrected chi connectivity index (χ4v) is 1.70. The fourth-order valence-electron chi connectivity index (χ4n) is 1.70. The van der Waals surface area contributed by atoms with E-state index in [1.165, 1.54) is 18.9 Å². The number of nitrogens with zero attached hydrogens (tertiary/aromatic N) is 3. The minimum atomic E-state index is -0.613. The van der Waals surface area contributed by atoms with Crippen LogP contribution in [0.5, 0.6) is 0 Å². The van der Waals surface area contributed by atoms with E-state index in [1.807, 2.05) is 18.2 Å². The third kappa shape index (κ3) is 2.66. The van der Waals surface area contributed by atoms with Crippen molar-refractivity contribution in [3.63, 3.8) is 0 Å². The lowest BCUT2D eigenvalue weighted by Crippen LogP contribution is -2.18. The average molecular weight is 275 g/mol. The van der Waals surface area contributed by atoms with Crippen molar-refractivity contribution >= 4 is 11.9 Å². The quantitative estimate of drug-likeness (QED) is 0.771. The van der Waals surface area contributed by atoms with E-state index in [-0.39, 0.29) is 12.2 Å². The highest BCUT2D eigenvalue weighted by Crippen LogP contribution is 2.21. The Morgan fingerprint density at radius 2 is 1.85 bits per heavy atom. The van der Waals surface area contributed by atoms with Crippen molar-refractivity contribution in [2.75, 3.05) is 14.2 Å². The van der Waals surface area contributed by atoms with Crippen molar-refractivity contribution in [1.82, 2.24) is 15.0 Å². The highest BCUT2D eigenvalue weighted by Gasteiger charge is 2.23. The summed E-state index contributed by atoms with van der Waals surface area (Å²) in [5, 5.41) is 7.76. The molecule has 0 atom stereocenters. The van der Waals surface area contributed by atoms with E-state index in [0.29, 0.717) is 11.3 Å². The molecular weight excluding hydrogens is 262 g/mol. The van der Waals surface area contributed by atoms with E-state index >= 15 is 0 Å². The van der Waals surface area contributed by atoms with Gasteiger partial charge >= 0.3 is 11.9 Å². The molecule has 0 aliphatic carbocycles. The number of carbonyl (C=O) groups is 2. The number of benzene rings is 1. The lowest BCUT2D eigenvalue weighted by atomic mass is 10.1. The van der Waals surface area contributed by atoms with Crippen molar-refractivity contribution in [1.29, 1.82) is 0 Å². The smallest absolute Gasteiger partial charge is 0.358 e. The zero-order valence-electron chi connectivity index (χ0n) is 11.1. The number of carbonyl (C=O) groups excluding carboxylic acids is 2. The minimum Gasteiger partial charge on any atom is -0.468 e. The van der Waals surface area contributed by atoms with Crippen molar-refractivity contribution in [3.8, 4) is 11.3 Å². The molecule has 0 fully saturated rings. The van der Waals surface area contributed by atoms with E-state index in [2.05, 4.69) is 15.0 Å². The standard InChI is InChI=1S/C13H13N3O4/c1-19-10(17)8-16-12(13(18)20-2)11(14-15-16)9-6-4-3-5-7-9/h3-7H,8H2,1-2H3. The second-order valence-corrected chi connectivity index (χ2v) is 3.88. The van der Waals surface area contributed by atoms with E-state index in [0.717, 1.165) is 0 Å². The number of ether oxygens (including phenoxy) is 2. The molecule has 0 saturated carbocycles. The first kappa shape index (κ1) is 13.7. The second-order valence-electron chi connectivity index (χ2n) is 3.88. The zero-order chi connectivity index (χ0) is 14.5. The summed E-state index contributed by atoms with van der Waals surface area (Å²) in [5.41, 5.74) is 1.19. The maximum Gasteiger partial charge on any atom is 0.358 e. The Bertz CT molecular complexity index is 622. The van der Waals surface area contributed by atoms with Gasteiger partial charge in [-0.15, -0.1) is 5.10 Å². The summed E-state index contributed by atoms with van der Waals surface area (Å²) in [4.78, 5) is 23.2. The molecule has 1 aromatic heterocycles. The summed E-state index contributed by atoms with van der Waals surface area (Å²) in [5.74, 6) is -1.14. The zero-order valence-corrected chi connectivity index (χ0v) is 11.1. The van der Waals surface area contributed by atoms with Crippen LogP contribution in [0.2, 0.25) is 0 Å². The molecule has 0 spiro atoms. The van der Waals surface area contributed by atoms with E-state index in [4.69, 9.17) is 4.74 Å². The van der Waals surface area contributed by atoms with Crippen molar-refractivity contribution in [3.05, 3.63) is 36.0 Å². The third-order valence-electron chi connectivity index (χ3n) is 2.67. The molecule has 2 aromatic rings. The Hall–Kier alpha value is -2.70. The SMILES string of the molecule is COC(=O)Cn1nnc(-c2ccccc2)c1C(=O)OC. The van der Waals surface area contributed by atoms with Crippen molar-refractivity contribution in [2.24, 2.45) is 0 Å². The molecule has 1 aromatic carbocycles. The van der Waals surface area contributed by atoms with Gasteiger partial charge in [0.05, 0.1) is 14.2 Å². The van der Waals surface area contributed by atoms with Crippen LogP contribution >= 0.6 is 0 Å². The van der Waals surface area contributed by atoms with E-state index in [1.54, 1.807) is 12.1 Å². The van der Waals surface area contributed by atoms with Crippen LogP contribution in [-0.4, -0.2) is 41.2 Å². The Kier molecular flexibility index (Phi) is 4.09. The molecule has 0 amide bonds. The third-order valence-corrected chi connectivity index (χ3v) is 2.67. The number of hydrogen-bond donors (Lipinski definition) is 0. The summed E-state index contributed by atoms with van der Waals surface area (Å²) in [6.07, 6.45) is 0. The fraction of sp³-hybridized carbons (Fsp3) is 0.231. The van der Waals surface area contributed by atoms with Gasteiger partial charge in [0.15, 0.2) is 5.69 Å². The molecular formula is C13H13N3O4. The Morgan fingerprint density at radius 3 is 2.45 bits per heavy atom. The highest BCUT2D eigenvalue weighted by molar-refractivity contribution is 5.94. The first-order valence-electron chi connectivity index (χ1n) is 5.81. The predicted molar refractivity (Wildman–Crippen MR) is 68.8 cm³/mol. The molecule has 0 bridgehead atoms. The summed E-state index contributed by atoms with van der Waals surface area (Å²) >= 11 is 0. The highest BCUT2D eigenvalue weighted by atomic mass is 16.5. The monoisotopic (exact) mass is 275 g/mol. The summed E-state index contributed by atoms with van der Waals surface area (Å²) in [7, 11) is 2.52. The molecule has 0 unspecified atom stereocenters.